The molecule has 0 bridgehead atoms. The van der Waals surface area contributed by atoms with Crippen molar-refractivity contribution in [3.05, 3.63) is 58.3 Å². The van der Waals surface area contributed by atoms with E-state index in [0.29, 0.717) is 5.69 Å². The van der Waals surface area contributed by atoms with Crippen molar-refractivity contribution in [2.24, 2.45) is 0 Å². The molecule has 0 aliphatic rings. The van der Waals surface area contributed by atoms with Crippen molar-refractivity contribution in [1.29, 1.82) is 0 Å². The van der Waals surface area contributed by atoms with E-state index in [4.69, 9.17) is 0 Å². The molecule has 1 atom stereocenters. The monoisotopic (exact) mass is 333 g/mol. The van der Waals surface area contributed by atoms with Gasteiger partial charge in [-0.05, 0) is 36.8 Å². The Morgan fingerprint density at radius 1 is 1.30 bits per heavy atom. The predicted octanol–water partition coefficient (Wildman–Crippen LogP) is 3.38. The molecule has 104 valence electrons. The average Bonchev–Trinajstić information content (AvgIpc) is 2.47. The minimum absolute atomic E-state index is 0.0780. The number of hydrogen-bond acceptors (Lipinski definition) is 3. The highest BCUT2D eigenvalue weighted by Crippen LogP contribution is 2.18. The summed E-state index contributed by atoms with van der Waals surface area (Å²) in [7, 11) is 1.81. The first-order valence-electron chi connectivity index (χ1n) is 6.30. The van der Waals surface area contributed by atoms with Crippen LogP contribution < -0.4 is 10.6 Å². The molecular weight excluding hydrogens is 318 g/mol. The molecule has 0 saturated carbocycles. The number of aromatic nitrogens is 1. The van der Waals surface area contributed by atoms with Crippen molar-refractivity contribution in [1.82, 2.24) is 10.3 Å². The van der Waals surface area contributed by atoms with Crippen LogP contribution in [0.1, 0.15) is 29.0 Å². The minimum Gasteiger partial charge on any atom is -0.387 e. The van der Waals surface area contributed by atoms with Gasteiger partial charge in [0.1, 0.15) is 5.69 Å². The molecule has 0 fully saturated rings. The van der Waals surface area contributed by atoms with Crippen LogP contribution in [0, 0.1) is 0 Å². The number of nitrogens with one attached hydrogen (secondary N) is 2. The van der Waals surface area contributed by atoms with E-state index >= 15 is 0 Å². The quantitative estimate of drug-likeness (QED) is 0.901. The van der Waals surface area contributed by atoms with Crippen molar-refractivity contribution >= 4 is 27.5 Å². The molecule has 1 heterocycles. The van der Waals surface area contributed by atoms with E-state index in [9.17, 15) is 4.79 Å². The van der Waals surface area contributed by atoms with E-state index in [-0.39, 0.29) is 11.9 Å². The first kappa shape index (κ1) is 14.5. The van der Waals surface area contributed by atoms with Crippen LogP contribution in [0.4, 0.5) is 5.69 Å². The minimum atomic E-state index is -0.180. The number of carbonyl (C=O) groups is 1. The molecule has 0 aliphatic carbocycles. The van der Waals surface area contributed by atoms with Gasteiger partial charge in [0, 0.05) is 11.5 Å². The summed E-state index contributed by atoms with van der Waals surface area (Å²) in [5, 5.41) is 5.90. The Labute approximate surface area is 126 Å². The van der Waals surface area contributed by atoms with Crippen LogP contribution in [0.25, 0.3) is 0 Å². The Morgan fingerprint density at radius 2 is 2.10 bits per heavy atom. The summed E-state index contributed by atoms with van der Waals surface area (Å²) < 4.78 is 0.993. The van der Waals surface area contributed by atoms with Crippen molar-refractivity contribution in [3.63, 3.8) is 0 Å². The van der Waals surface area contributed by atoms with Crippen molar-refractivity contribution in [2.45, 2.75) is 13.0 Å². The third-order valence-corrected chi connectivity index (χ3v) is 3.47. The van der Waals surface area contributed by atoms with E-state index in [2.05, 4.69) is 31.5 Å². The molecule has 2 aromatic rings. The zero-order valence-corrected chi connectivity index (χ0v) is 12.9. The molecule has 0 aliphatic heterocycles. The van der Waals surface area contributed by atoms with Gasteiger partial charge in [-0.2, -0.15) is 0 Å². The number of benzene rings is 1. The summed E-state index contributed by atoms with van der Waals surface area (Å²) in [6.07, 6.45) is 1.64. The van der Waals surface area contributed by atoms with Crippen LogP contribution in [0.3, 0.4) is 0 Å². The molecule has 20 heavy (non-hydrogen) atoms. The van der Waals surface area contributed by atoms with E-state index in [1.165, 1.54) is 0 Å². The van der Waals surface area contributed by atoms with Crippen LogP contribution >= 0.6 is 15.9 Å². The fraction of sp³-hybridized carbons (Fsp3) is 0.200. The number of anilines is 1. The third-order valence-electron chi connectivity index (χ3n) is 2.98. The molecule has 4 nitrogen and oxygen atoms in total. The molecule has 2 rings (SSSR count). The van der Waals surface area contributed by atoms with Crippen molar-refractivity contribution in [2.75, 3.05) is 12.4 Å². The average molecular weight is 334 g/mol. The lowest BCUT2D eigenvalue weighted by Gasteiger charge is -2.14. The highest BCUT2D eigenvalue weighted by molar-refractivity contribution is 9.10. The highest BCUT2D eigenvalue weighted by atomic mass is 79.9. The standard InChI is InChI=1S/C15H16BrN3O/c1-10(11-4-3-5-12(16)8-11)19-15(20)14-7-6-13(17-2)9-18-14/h3-10,17H,1-2H3,(H,19,20). The molecule has 2 N–H and O–H groups in total. The second-order valence-electron chi connectivity index (χ2n) is 4.43. The molecule has 0 radical (unpaired) electrons. The Bertz CT molecular complexity index is 598. The smallest absolute Gasteiger partial charge is 0.270 e. The van der Waals surface area contributed by atoms with Gasteiger partial charge in [-0.25, -0.2) is 4.98 Å². The maximum atomic E-state index is 12.1. The summed E-state index contributed by atoms with van der Waals surface area (Å²) in [5.74, 6) is -0.180. The molecule has 0 saturated heterocycles. The van der Waals surface area contributed by atoms with Gasteiger partial charge in [0.2, 0.25) is 0 Å². The van der Waals surface area contributed by atoms with Gasteiger partial charge in [0.25, 0.3) is 5.91 Å². The van der Waals surface area contributed by atoms with Gasteiger partial charge >= 0.3 is 0 Å². The second kappa shape index (κ2) is 6.52. The number of pyridine rings is 1. The molecule has 1 amide bonds. The van der Waals surface area contributed by atoms with E-state index in [0.717, 1.165) is 15.7 Å². The lowest BCUT2D eigenvalue weighted by atomic mass is 10.1. The molecule has 0 spiro atoms. The van der Waals surface area contributed by atoms with Gasteiger partial charge < -0.3 is 10.6 Å². The largest absolute Gasteiger partial charge is 0.387 e. The number of hydrogen-bond donors (Lipinski definition) is 2. The van der Waals surface area contributed by atoms with Gasteiger partial charge in [0.15, 0.2) is 0 Å². The van der Waals surface area contributed by atoms with Crippen molar-refractivity contribution < 1.29 is 4.79 Å². The Hall–Kier alpha value is -1.88. The molecule has 1 unspecified atom stereocenters. The third kappa shape index (κ3) is 3.57. The Balaban J connectivity index is 2.06. The maximum absolute atomic E-state index is 12.1. The number of rotatable bonds is 4. The lowest BCUT2D eigenvalue weighted by Crippen LogP contribution is -2.27. The molecule has 1 aromatic heterocycles. The summed E-state index contributed by atoms with van der Waals surface area (Å²) in [6, 6.07) is 11.3. The normalized spacial score (nSPS) is 11.8. The number of amides is 1. The van der Waals surface area contributed by atoms with Gasteiger partial charge in [0.05, 0.1) is 17.9 Å². The maximum Gasteiger partial charge on any atom is 0.270 e. The Kier molecular flexibility index (Phi) is 4.74. The zero-order chi connectivity index (χ0) is 14.5. The SMILES string of the molecule is CNc1ccc(C(=O)NC(C)c2cccc(Br)c2)nc1. The van der Waals surface area contributed by atoms with Crippen LogP contribution in [-0.2, 0) is 0 Å². The first-order chi connectivity index (χ1) is 9.60. The summed E-state index contributed by atoms with van der Waals surface area (Å²) >= 11 is 3.43. The summed E-state index contributed by atoms with van der Waals surface area (Å²) in [5.41, 5.74) is 2.33. The number of carbonyl (C=O) groups excluding carboxylic acids is 1. The summed E-state index contributed by atoms with van der Waals surface area (Å²) in [6.45, 7) is 1.95. The van der Waals surface area contributed by atoms with Gasteiger partial charge in [-0.1, -0.05) is 28.1 Å². The first-order valence-corrected chi connectivity index (χ1v) is 7.09. The second-order valence-corrected chi connectivity index (χ2v) is 5.35. The van der Waals surface area contributed by atoms with E-state index in [1.807, 2.05) is 44.3 Å². The topological polar surface area (TPSA) is 54.0 Å². The van der Waals surface area contributed by atoms with E-state index < -0.39 is 0 Å². The predicted molar refractivity (Wildman–Crippen MR) is 83.8 cm³/mol. The fourth-order valence-electron chi connectivity index (χ4n) is 1.81. The van der Waals surface area contributed by atoms with Crippen LogP contribution in [0.15, 0.2) is 47.1 Å². The number of halogens is 1. The van der Waals surface area contributed by atoms with E-state index in [1.54, 1.807) is 12.3 Å². The summed E-state index contributed by atoms with van der Waals surface area (Å²) in [4.78, 5) is 16.2. The Morgan fingerprint density at radius 3 is 2.70 bits per heavy atom. The molecule has 5 heteroatoms. The fourth-order valence-corrected chi connectivity index (χ4v) is 2.22. The van der Waals surface area contributed by atoms with Crippen LogP contribution in [-0.4, -0.2) is 17.9 Å². The van der Waals surface area contributed by atoms with Crippen LogP contribution in [0.2, 0.25) is 0 Å². The van der Waals surface area contributed by atoms with Crippen LogP contribution in [0.5, 0.6) is 0 Å². The number of nitrogens with zero attached hydrogens (tertiary/aromatic N) is 1. The van der Waals surface area contributed by atoms with Gasteiger partial charge in [-0.15, -0.1) is 0 Å². The van der Waals surface area contributed by atoms with Crippen molar-refractivity contribution in [3.8, 4) is 0 Å². The molecule has 1 aromatic carbocycles. The zero-order valence-electron chi connectivity index (χ0n) is 11.4. The highest BCUT2D eigenvalue weighted by Gasteiger charge is 2.12. The van der Waals surface area contributed by atoms with Gasteiger partial charge in [-0.3, -0.25) is 4.79 Å². The molecular formula is C15H16BrN3O. The lowest BCUT2D eigenvalue weighted by molar-refractivity contribution is 0.0935.